The molecule has 0 saturated carbocycles. The second-order valence-electron chi connectivity index (χ2n) is 4.45. The Morgan fingerprint density at radius 3 is 2.82 bits per heavy atom. The fourth-order valence-electron chi connectivity index (χ4n) is 1.57. The maximum absolute atomic E-state index is 11.3. The van der Waals surface area contributed by atoms with Crippen molar-refractivity contribution < 1.29 is 23.3 Å². The molecule has 0 aromatic carbocycles. The molecule has 0 aliphatic carbocycles. The smallest absolute Gasteiger partial charge is 0.463 e. The topological polar surface area (TPSA) is 83.9 Å². The van der Waals surface area contributed by atoms with E-state index >= 15 is 0 Å². The lowest BCUT2D eigenvalue weighted by molar-refractivity contribution is 0.0568. The van der Waals surface area contributed by atoms with Crippen molar-refractivity contribution in [3.63, 3.8) is 0 Å². The summed E-state index contributed by atoms with van der Waals surface area (Å²) >= 11 is 0. The molecule has 17 heavy (non-hydrogen) atoms. The Bertz CT molecular complexity index is 442. The van der Waals surface area contributed by atoms with Crippen molar-refractivity contribution in [1.82, 2.24) is 0 Å². The third-order valence-electron chi connectivity index (χ3n) is 2.39. The van der Waals surface area contributed by atoms with Gasteiger partial charge in [-0.15, -0.1) is 0 Å². The molecule has 0 spiro atoms. The summed E-state index contributed by atoms with van der Waals surface area (Å²) in [5.74, 6) is -0.648. The lowest BCUT2D eigenvalue weighted by Gasteiger charge is -2.14. The molecule has 2 heterocycles. The van der Waals surface area contributed by atoms with Gasteiger partial charge in [0, 0.05) is 6.07 Å². The summed E-state index contributed by atoms with van der Waals surface area (Å²) in [5.41, 5.74) is 5.85. The Morgan fingerprint density at radius 1 is 1.59 bits per heavy atom. The predicted molar refractivity (Wildman–Crippen MR) is 61.0 cm³/mol. The number of esters is 1. The van der Waals surface area contributed by atoms with Crippen molar-refractivity contribution in [2.75, 3.05) is 19.5 Å². The summed E-state index contributed by atoms with van der Waals surface area (Å²) < 4.78 is 20.8. The van der Waals surface area contributed by atoms with Gasteiger partial charge in [0.2, 0.25) is 5.76 Å². The van der Waals surface area contributed by atoms with Gasteiger partial charge in [0.05, 0.1) is 25.0 Å². The van der Waals surface area contributed by atoms with Crippen LogP contribution in [0, 0.1) is 0 Å². The zero-order chi connectivity index (χ0) is 12.6. The Labute approximate surface area is 99.1 Å². The van der Waals surface area contributed by atoms with Gasteiger partial charge in [-0.05, 0) is 13.8 Å². The number of hydrogen-bond donors (Lipinski definition) is 1. The summed E-state index contributed by atoms with van der Waals surface area (Å²) in [5, 5.41) is 0. The van der Waals surface area contributed by atoms with Crippen LogP contribution in [0.2, 0.25) is 0 Å². The average molecular weight is 239 g/mol. The number of rotatable bonds is 2. The monoisotopic (exact) mass is 239 g/mol. The van der Waals surface area contributed by atoms with Crippen LogP contribution in [-0.4, -0.2) is 32.4 Å². The molecular formula is C10H14BNO5. The fraction of sp³-hybridized carbons (Fsp3) is 0.500. The molecule has 6 nitrogen and oxygen atoms in total. The van der Waals surface area contributed by atoms with Gasteiger partial charge in [-0.1, -0.05) is 0 Å². The van der Waals surface area contributed by atoms with Gasteiger partial charge in [0.1, 0.15) is 5.66 Å². The Hall–Kier alpha value is -1.47. The van der Waals surface area contributed by atoms with E-state index in [1.54, 1.807) is 0 Å². The van der Waals surface area contributed by atoms with Gasteiger partial charge in [-0.25, -0.2) is 4.79 Å². The summed E-state index contributed by atoms with van der Waals surface area (Å²) in [4.78, 5) is 11.3. The van der Waals surface area contributed by atoms with Crippen molar-refractivity contribution >= 4 is 24.4 Å². The van der Waals surface area contributed by atoms with E-state index in [1.165, 1.54) is 13.2 Å². The molecule has 7 heteroatoms. The van der Waals surface area contributed by atoms with Gasteiger partial charge < -0.3 is 24.2 Å². The number of furan rings is 1. The summed E-state index contributed by atoms with van der Waals surface area (Å²) in [6, 6.07) is 1.51. The Kier molecular flexibility index (Phi) is 2.88. The van der Waals surface area contributed by atoms with Gasteiger partial charge >= 0.3 is 13.1 Å². The molecule has 0 radical (unpaired) electrons. The number of hydrogen-bond acceptors (Lipinski definition) is 6. The van der Waals surface area contributed by atoms with Gasteiger partial charge in [-0.2, -0.15) is 0 Å². The highest BCUT2D eigenvalue weighted by atomic mass is 16.7. The highest BCUT2D eigenvalue weighted by Gasteiger charge is 2.41. The van der Waals surface area contributed by atoms with Crippen molar-refractivity contribution in [2.45, 2.75) is 19.4 Å². The molecule has 0 amide bonds. The van der Waals surface area contributed by atoms with E-state index in [9.17, 15) is 4.79 Å². The molecule has 1 saturated heterocycles. The van der Waals surface area contributed by atoms with Crippen molar-refractivity contribution in [3.8, 4) is 0 Å². The third-order valence-corrected chi connectivity index (χ3v) is 2.39. The van der Waals surface area contributed by atoms with E-state index in [1.807, 2.05) is 13.8 Å². The van der Waals surface area contributed by atoms with E-state index < -0.39 is 13.1 Å². The largest absolute Gasteiger partial charge is 0.532 e. The maximum Gasteiger partial charge on any atom is 0.532 e. The molecular weight excluding hydrogens is 225 g/mol. The van der Waals surface area contributed by atoms with Crippen LogP contribution in [-0.2, 0) is 14.0 Å². The normalized spacial score (nSPS) is 18.4. The van der Waals surface area contributed by atoms with E-state index in [4.69, 9.17) is 19.5 Å². The number of nitrogens with two attached hydrogens (primary N) is 1. The number of anilines is 1. The maximum atomic E-state index is 11.3. The van der Waals surface area contributed by atoms with Gasteiger partial charge in [0.15, 0.2) is 0 Å². The van der Waals surface area contributed by atoms with E-state index in [0.29, 0.717) is 12.3 Å². The molecule has 1 aliphatic rings. The lowest BCUT2D eigenvalue weighted by atomic mass is 9.86. The standard InChI is InChI=1S/C10H14BNO5/c1-10(2)5-15-11(17-10)7-4-6(12)8(16-7)9(13)14-3/h4H,5,12H2,1-3H3. The number of carbonyl (C=O) groups is 1. The minimum absolute atomic E-state index is 0.0283. The van der Waals surface area contributed by atoms with E-state index in [0.717, 1.165) is 0 Å². The fourth-order valence-corrected chi connectivity index (χ4v) is 1.57. The summed E-state index contributed by atoms with van der Waals surface area (Å²) in [6.07, 6.45) is 0. The zero-order valence-corrected chi connectivity index (χ0v) is 9.98. The van der Waals surface area contributed by atoms with E-state index in [-0.39, 0.29) is 17.0 Å². The van der Waals surface area contributed by atoms with Crippen molar-refractivity contribution in [2.24, 2.45) is 0 Å². The Morgan fingerprint density at radius 2 is 2.29 bits per heavy atom. The second kappa shape index (κ2) is 4.08. The summed E-state index contributed by atoms with van der Waals surface area (Å²) in [7, 11) is 0.626. The molecule has 92 valence electrons. The molecule has 2 N–H and O–H groups in total. The molecule has 1 fully saturated rings. The molecule has 0 atom stereocenters. The highest BCUT2D eigenvalue weighted by Crippen LogP contribution is 2.21. The first-order chi connectivity index (χ1) is 7.93. The highest BCUT2D eigenvalue weighted by molar-refractivity contribution is 6.60. The predicted octanol–water partition coefficient (Wildman–Crippen LogP) is 0.169. The number of nitrogen functional groups attached to an aromatic ring is 1. The van der Waals surface area contributed by atoms with Crippen LogP contribution in [0.1, 0.15) is 24.4 Å². The van der Waals surface area contributed by atoms with E-state index in [2.05, 4.69) is 4.74 Å². The molecule has 0 bridgehead atoms. The average Bonchev–Trinajstić information content (AvgIpc) is 2.80. The van der Waals surface area contributed by atoms with Crippen molar-refractivity contribution in [1.29, 1.82) is 0 Å². The number of carbonyl (C=O) groups excluding carboxylic acids is 1. The number of ether oxygens (including phenoxy) is 1. The van der Waals surface area contributed by atoms with Crippen LogP contribution in [0.3, 0.4) is 0 Å². The molecule has 1 aliphatic heterocycles. The first-order valence-corrected chi connectivity index (χ1v) is 5.20. The molecule has 1 aromatic heterocycles. The van der Waals surface area contributed by atoms with Crippen LogP contribution in [0.25, 0.3) is 0 Å². The minimum atomic E-state index is -0.634. The third kappa shape index (κ3) is 2.30. The lowest BCUT2D eigenvalue weighted by Crippen LogP contribution is -2.33. The van der Waals surface area contributed by atoms with Crippen LogP contribution >= 0.6 is 0 Å². The van der Waals surface area contributed by atoms with Crippen LogP contribution in [0.5, 0.6) is 0 Å². The van der Waals surface area contributed by atoms with Crippen LogP contribution in [0.4, 0.5) is 5.69 Å². The second-order valence-corrected chi connectivity index (χ2v) is 4.45. The molecule has 0 unspecified atom stereocenters. The Balaban J connectivity index is 2.21. The van der Waals surface area contributed by atoms with Gasteiger partial charge in [0.25, 0.3) is 0 Å². The van der Waals surface area contributed by atoms with Gasteiger partial charge in [-0.3, -0.25) is 0 Å². The summed E-state index contributed by atoms with van der Waals surface area (Å²) in [6.45, 7) is 4.26. The minimum Gasteiger partial charge on any atom is -0.463 e. The SMILES string of the molecule is COC(=O)c1oc(B2OCC(C)(C)O2)cc1N. The zero-order valence-electron chi connectivity index (χ0n) is 9.98. The first kappa shape index (κ1) is 12.0. The van der Waals surface area contributed by atoms with Crippen LogP contribution in [0.15, 0.2) is 10.5 Å². The molecule has 1 aromatic rings. The number of methoxy groups -OCH3 is 1. The van der Waals surface area contributed by atoms with Crippen molar-refractivity contribution in [3.05, 3.63) is 11.8 Å². The molecule has 2 rings (SSSR count). The van der Waals surface area contributed by atoms with Crippen LogP contribution < -0.4 is 11.4 Å². The first-order valence-electron chi connectivity index (χ1n) is 5.20. The quantitative estimate of drug-likeness (QED) is 0.584.